The number of sulfonamides is 1. The molecule has 1 amide bonds. The van der Waals surface area contributed by atoms with Crippen molar-refractivity contribution in [2.75, 3.05) is 17.1 Å². The molecule has 2 aromatic rings. The lowest BCUT2D eigenvalue weighted by atomic mass is 10.0. The molecule has 0 heterocycles. The van der Waals surface area contributed by atoms with E-state index >= 15 is 0 Å². The van der Waals surface area contributed by atoms with E-state index in [4.69, 9.17) is 11.6 Å². The lowest BCUT2D eigenvalue weighted by Crippen LogP contribution is -2.41. The van der Waals surface area contributed by atoms with Gasteiger partial charge in [0.15, 0.2) is 0 Å². The molecule has 0 radical (unpaired) electrons. The van der Waals surface area contributed by atoms with Gasteiger partial charge in [-0.25, -0.2) is 8.42 Å². The van der Waals surface area contributed by atoms with Gasteiger partial charge < -0.3 is 5.32 Å². The van der Waals surface area contributed by atoms with Gasteiger partial charge in [0, 0.05) is 5.02 Å². The summed E-state index contributed by atoms with van der Waals surface area (Å²) in [4.78, 5) is 12.6. The monoisotopic (exact) mass is 408 g/mol. The molecule has 0 bridgehead atoms. The Morgan fingerprint density at radius 3 is 2.41 bits per heavy atom. The van der Waals surface area contributed by atoms with Gasteiger partial charge in [0.25, 0.3) is 0 Å². The van der Waals surface area contributed by atoms with E-state index in [0.717, 1.165) is 21.7 Å². The first kappa shape index (κ1) is 21.3. The molecule has 5 nitrogen and oxygen atoms in total. The number of nitrogens with one attached hydrogen (secondary N) is 1. The summed E-state index contributed by atoms with van der Waals surface area (Å²) in [5.41, 5.74) is 4.30. The first-order valence-corrected chi connectivity index (χ1v) is 10.8. The third kappa shape index (κ3) is 5.23. The number of hydrogen-bond acceptors (Lipinski definition) is 3. The van der Waals surface area contributed by atoms with E-state index in [1.54, 1.807) is 25.1 Å². The molecule has 0 aliphatic carbocycles. The maximum atomic E-state index is 12.6. The molecule has 0 saturated heterocycles. The van der Waals surface area contributed by atoms with Crippen LogP contribution in [0.15, 0.2) is 36.4 Å². The summed E-state index contributed by atoms with van der Waals surface area (Å²) in [6.07, 6.45) is 1.08. The molecule has 1 N–H and O–H groups in total. The zero-order valence-electron chi connectivity index (χ0n) is 16.2. The third-order valence-electron chi connectivity index (χ3n) is 4.60. The van der Waals surface area contributed by atoms with Crippen LogP contribution in [0.5, 0.6) is 0 Å². The molecule has 0 fully saturated rings. The molecule has 0 aliphatic rings. The topological polar surface area (TPSA) is 66.5 Å². The quantitative estimate of drug-likeness (QED) is 0.787. The summed E-state index contributed by atoms with van der Waals surface area (Å²) in [6, 6.07) is 10.7. The fraction of sp³-hybridized carbons (Fsp3) is 0.350. The molecule has 1 atom stereocenters. The number of nitrogens with zero attached hydrogens (tertiary/aromatic N) is 1. The lowest BCUT2D eigenvalue weighted by molar-refractivity contribution is -0.120. The number of hydrogen-bond donors (Lipinski definition) is 1. The number of anilines is 1. The maximum absolute atomic E-state index is 12.6. The zero-order chi connectivity index (χ0) is 20.4. The van der Waals surface area contributed by atoms with Gasteiger partial charge in [-0.05, 0) is 62.1 Å². The van der Waals surface area contributed by atoms with Gasteiger partial charge in [0.2, 0.25) is 15.9 Å². The van der Waals surface area contributed by atoms with Crippen LogP contribution in [-0.2, 0) is 14.8 Å². The van der Waals surface area contributed by atoms with Crippen LogP contribution in [0.3, 0.4) is 0 Å². The highest BCUT2D eigenvalue weighted by atomic mass is 35.5. The third-order valence-corrected chi connectivity index (χ3v) is 6.14. The second-order valence-electron chi connectivity index (χ2n) is 6.79. The molecule has 0 unspecified atom stereocenters. The Morgan fingerprint density at radius 1 is 1.15 bits per heavy atom. The van der Waals surface area contributed by atoms with Crippen LogP contribution in [-0.4, -0.2) is 27.1 Å². The molecule has 146 valence electrons. The lowest BCUT2D eigenvalue weighted by Gasteiger charge is -2.25. The van der Waals surface area contributed by atoms with E-state index in [9.17, 15) is 13.2 Å². The van der Waals surface area contributed by atoms with Crippen molar-refractivity contribution < 1.29 is 13.2 Å². The minimum atomic E-state index is -3.65. The Balaban J connectivity index is 2.21. The smallest absolute Gasteiger partial charge is 0.241 e. The number of amides is 1. The summed E-state index contributed by atoms with van der Waals surface area (Å²) in [7, 11) is -3.65. The van der Waals surface area contributed by atoms with Crippen LogP contribution < -0.4 is 9.62 Å². The molecule has 2 aromatic carbocycles. The predicted molar refractivity (Wildman–Crippen MR) is 111 cm³/mol. The Labute approximate surface area is 166 Å². The number of carbonyl (C=O) groups excluding carboxylic acids is 1. The van der Waals surface area contributed by atoms with Gasteiger partial charge in [0.1, 0.15) is 6.54 Å². The van der Waals surface area contributed by atoms with Crippen LogP contribution in [0.25, 0.3) is 0 Å². The van der Waals surface area contributed by atoms with Crippen molar-refractivity contribution in [3.63, 3.8) is 0 Å². The van der Waals surface area contributed by atoms with E-state index in [-0.39, 0.29) is 18.5 Å². The van der Waals surface area contributed by atoms with Crippen molar-refractivity contribution in [1.82, 2.24) is 5.32 Å². The molecule has 0 saturated carbocycles. The van der Waals surface area contributed by atoms with E-state index in [1.807, 2.05) is 39.0 Å². The number of halogens is 1. The Hall–Kier alpha value is -2.05. The minimum Gasteiger partial charge on any atom is -0.348 e. The Morgan fingerprint density at radius 2 is 1.81 bits per heavy atom. The van der Waals surface area contributed by atoms with Crippen LogP contribution in [0.4, 0.5) is 5.69 Å². The molecular formula is C20H25ClN2O3S. The summed E-state index contributed by atoms with van der Waals surface area (Å²) in [5, 5.41) is 3.32. The minimum absolute atomic E-state index is 0.237. The molecule has 0 aromatic heterocycles. The largest absolute Gasteiger partial charge is 0.348 e. The maximum Gasteiger partial charge on any atom is 0.241 e. The first-order chi connectivity index (χ1) is 12.5. The molecule has 0 spiro atoms. The van der Waals surface area contributed by atoms with Gasteiger partial charge in [-0.3, -0.25) is 9.10 Å². The normalized spacial score (nSPS) is 12.5. The average molecular weight is 409 g/mol. The fourth-order valence-electron chi connectivity index (χ4n) is 2.78. The second-order valence-corrected chi connectivity index (χ2v) is 9.10. The van der Waals surface area contributed by atoms with Gasteiger partial charge in [-0.1, -0.05) is 35.9 Å². The van der Waals surface area contributed by atoms with E-state index in [1.165, 1.54) is 5.56 Å². The fourth-order valence-corrected chi connectivity index (χ4v) is 3.86. The predicted octanol–water partition coefficient (Wildman–Crippen LogP) is 3.91. The number of rotatable bonds is 6. The number of benzene rings is 2. The van der Waals surface area contributed by atoms with E-state index in [2.05, 4.69) is 5.32 Å². The highest BCUT2D eigenvalue weighted by Gasteiger charge is 2.24. The van der Waals surface area contributed by atoms with Crippen molar-refractivity contribution in [2.45, 2.75) is 33.7 Å². The molecule has 0 aliphatic heterocycles. The highest BCUT2D eigenvalue weighted by molar-refractivity contribution is 7.92. The van der Waals surface area contributed by atoms with Crippen molar-refractivity contribution in [3.05, 3.63) is 63.7 Å². The van der Waals surface area contributed by atoms with Crippen molar-refractivity contribution >= 4 is 33.2 Å². The number of carbonyl (C=O) groups is 1. The van der Waals surface area contributed by atoms with Gasteiger partial charge in [-0.2, -0.15) is 0 Å². The standard InChI is InChI=1S/C20H25ClN2O3S/c1-13-9-10-17(11-14(13)2)16(4)22-20(24)12-23(27(5,25)26)19-8-6-7-18(21)15(19)3/h6-11,16H,12H2,1-5H3,(H,22,24)/t16-/m0/s1. The number of aryl methyl sites for hydroxylation is 2. The first-order valence-electron chi connectivity index (χ1n) is 8.60. The Kier molecular flexibility index (Phi) is 6.54. The molecule has 2 rings (SSSR count). The SMILES string of the molecule is Cc1ccc([C@H](C)NC(=O)CN(c2cccc(Cl)c2C)S(C)(=O)=O)cc1C. The van der Waals surface area contributed by atoms with Gasteiger partial charge in [0.05, 0.1) is 18.0 Å². The van der Waals surface area contributed by atoms with Gasteiger partial charge >= 0.3 is 0 Å². The zero-order valence-corrected chi connectivity index (χ0v) is 17.8. The molecular weight excluding hydrogens is 384 g/mol. The second kappa shape index (κ2) is 8.31. The molecule has 7 heteroatoms. The van der Waals surface area contributed by atoms with Crippen LogP contribution in [0.1, 0.15) is 35.2 Å². The highest BCUT2D eigenvalue weighted by Crippen LogP contribution is 2.28. The van der Waals surface area contributed by atoms with E-state index in [0.29, 0.717) is 16.3 Å². The van der Waals surface area contributed by atoms with Crippen molar-refractivity contribution in [3.8, 4) is 0 Å². The summed E-state index contributed by atoms with van der Waals surface area (Å²) < 4.78 is 25.6. The average Bonchev–Trinajstić information content (AvgIpc) is 2.57. The van der Waals surface area contributed by atoms with Crippen molar-refractivity contribution in [1.29, 1.82) is 0 Å². The van der Waals surface area contributed by atoms with Crippen LogP contribution in [0.2, 0.25) is 5.02 Å². The van der Waals surface area contributed by atoms with Crippen molar-refractivity contribution in [2.24, 2.45) is 0 Å². The summed E-state index contributed by atoms with van der Waals surface area (Å²) >= 11 is 6.11. The Bertz CT molecular complexity index is 958. The van der Waals surface area contributed by atoms with Gasteiger partial charge in [-0.15, -0.1) is 0 Å². The summed E-state index contributed by atoms with van der Waals surface area (Å²) in [5.74, 6) is -0.384. The van der Waals surface area contributed by atoms with E-state index < -0.39 is 10.0 Å². The van der Waals surface area contributed by atoms with Crippen LogP contribution in [0, 0.1) is 20.8 Å². The van der Waals surface area contributed by atoms with Crippen LogP contribution >= 0.6 is 11.6 Å². The summed E-state index contributed by atoms with van der Waals surface area (Å²) in [6.45, 7) is 7.33. The molecule has 27 heavy (non-hydrogen) atoms.